The van der Waals surface area contributed by atoms with Gasteiger partial charge in [-0.2, -0.15) is 0 Å². The zero-order valence-corrected chi connectivity index (χ0v) is 8.98. The number of alkyl halides is 1. The largest absolute Gasteiger partial charge is 0.313 e. The van der Waals surface area contributed by atoms with Gasteiger partial charge in [0.15, 0.2) is 6.67 Å². The van der Waals surface area contributed by atoms with Crippen LogP contribution in [0.25, 0.3) is 10.8 Å². The first kappa shape index (κ1) is 10.6. The molecule has 2 aromatic carbocycles. The van der Waals surface area contributed by atoms with Crippen LogP contribution in [0.1, 0.15) is 0 Å². The molecule has 0 atom stereocenters. The number of rotatable bonds is 2. The van der Waals surface area contributed by atoms with Crippen molar-refractivity contribution in [3.05, 3.63) is 42.5 Å². The maximum Gasteiger partial charge on any atom is 0.258 e. The van der Waals surface area contributed by atoms with Gasteiger partial charge in [-0.1, -0.05) is 30.3 Å². The Labute approximate surface area is 93.3 Å². The summed E-state index contributed by atoms with van der Waals surface area (Å²) in [7, 11) is 1.58. The SMILES string of the molecule is CN(C(=O)CF)c1ccc2ccccc2c1. The summed E-state index contributed by atoms with van der Waals surface area (Å²) in [5, 5.41) is 2.14. The standard InChI is InChI=1S/C13H12FNO/c1-15(13(16)9-14)12-7-6-10-4-2-3-5-11(10)8-12/h2-8H,9H2,1H3. The van der Waals surface area contributed by atoms with Gasteiger partial charge in [0.05, 0.1) is 0 Å². The summed E-state index contributed by atoms with van der Waals surface area (Å²) in [5.41, 5.74) is 0.710. The second-order valence-electron chi connectivity index (χ2n) is 3.62. The molecule has 0 N–H and O–H groups in total. The first-order valence-electron chi connectivity index (χ1n) is 5.03. The van der Waals surface area contributed by atoms with E-state index in [1.807, 2.05) is 42.5 Å². The number of amides is 1. The van der Waals surface area contributed by atoms with E-state index in [4.69, 9.17) is 0 Å². The number of hydrogen-bond donors (Lipinski definition) is 0. The zero-order valence-electron chi connectivity index (χ0n) is 8.98. The molecule has 0 unspecified atom stereocenters. The van der Waals surface area contributed by atoms with Gasteiger partial charge < -0.3 is 4.90 Å². The van der Waals surface area contributed by atoms with Gasteiger partial charge in [-0.05, 0) is 22.9 Å². The van der Waals surface area contributed by atoms with Gasteiger partial charge in [-0.15, -0.1) is 0 Å². The fourth-order valence-electron chi connectivity index (χ4n) is 1.62. The van der Waals surface area contributed by atoms with Crippen molar-refractivity contribution in [2.45, 2.75) is 0 Å². The molecular formula is C13H12FNO. The molecular weight excluding hydrogens is 205 g/mol. The summed E-state index contributed by atoms with van der Waals surface area (Å²) in [5.74, 6) is -0.532. The minimum Gasteiger partial charge on any atom is -0.313 e. The van der Waals surface area contributed by atoms with E-state index in [2.05, 4.69) is 0 Å². The molecule has 2 rings (SSSR count). The second kappa shape index (κ2) is 4.31. The number of nitrogens with zero attached hydrogens (tertiary/aromatic N) is 1. The zero-order chi connectivity index (χ0) is 11.5. The lowest BCUT2D eigenvalue weighted by atomic mass is 10.1. The van der Waals surface area contributed by atoms with Crippen molar-refractivity contribution in [3.8, 4) is 0 Å². The molecule has 0 radical (unpaired) electrons. The van der Waals surface area contributed by atoms with E-state index in [-0.39, 0.29) is 0 Å². The smallest absolute Gasteiger partial charge is 0.258 e. The van der Waals surface area contributed by atoms with Gasteiger partial charge in [0.1, 0.15) is 0 Å². The number of benzene rings is 2. The summed E-state index contributed by atoms with van der Waals surface area (Å²) in [4.78, 5) is 12.5. The maximum absolute atomic E-state index is 12.2. The number of halogens is 1. The molecule has 0 aromatic heterocycles. The van der Waals surface area contributed by atoms with Crippen LogP contribution in [0.3, 0.4) is 0 Å². The Hall–Kier alpha value is -1.90. The predicted octanol–water partition coefficient (Wildman–Crippen LogP) is 2.77. The Kier molecular flexibility index (Phi) is 2.86. The van der Waals surface area contributed by atoms with Crippen LogP contribution in [0.2, 0.25) is 0 Å². The highest BCUT2D eigenvalue weighted by Crippen LogP contribution is 2.21. The second-order valence-corrected chi connectivity index (χ2v) is 3.62. The highest BCUT2D eigenvalue weighted by molar-refractivity contribution is 5.96. The van der Waals surface area contributed by atoms with E-state index in [9.17, 15) is 9.18 Å². The van der Waals surface area contributed by atoms with E-state index in [1.165, 1.54) is 4.90 Å². The molecule has 1 amide bonds. The van der Waals surface area contributed by atoms with Crippen LogP contribution in [0.5, 0.6) is 0 Å². The molecule has 0 aliphatic heterocycles. The van der Waals surface area contributed by atoms with E-state index in [1.54, 1.807) is 7.05 Å². The summed E-state index contributed by atoms with van der Waals surface area (Å²) >= 11 is 0. The predicted molar refractivity (Wildman–Crippen MR) is 63.3 cm³/mol. The lowest BCUT2D eigenvalue weighted by molar-refractivity contribution is -0.119. The number of carbonyl (C=O) groups is 1. The molecule has 0 bridgehead atoms. The van der Waals surface area contributed by atoms with Gasteiger partial charge >= 0.3 is 0 Å². The first-order valence-corrected chi connectivity index (χ1v) is 5.03. The summed E-state index contributed by atoms with van der Waals surface area (Å²) in [6, 6.07) is 13.5. The van der Waals surface area contributed by atoms with Crippen molar-refractivity contribution in [2.75, 3.05) is 18.6 Å². The Morgan fingerprint density at radius 3 is 2.56 bits per heavy atom. The molecule has 0 aliphatic rings. The van der Waals surface area contributed by atoms with E-state index < -0.39 is 12.6 Å². The monoisotopic (exact) mass is 217 g/mol. The average Bonchev–Trinajstić information content (AvgIpc) is 2.36. The van der Waals surface area contributed by atoms with Gasteiger partial charge in [0, 0.05) is 12.7 Å². The molecule has 82 valence electrons. The molecule has 3 heteroatoms. The Morgan fingerprint density at radius 1 is 1.19 bits per heavy atom. The van der Waals surface area contributed by atoms with Crippen molar-refractivity contribution < 1.29 is 9.18 Å². The molecule has 0 aliphatic carbocycles. The highest BCUT2D eigenvalue weighted by Gasteiger charge is 2.09. The van der Waals surface area contributed by atoms with Gasteiger partial charge in [0.2, 0.25) is 0 Å². The van der Waals surface area contributed by atoms with Gasteiger partial charge in [0.25, 0.3) is 5.91 Å². The third-order valence-electron chi connectivity index (χ3n) is 2.61. The summed E-state index contributed by atoms with van der Waals surface area (Å²) in [6.07, 6.45) is 0. The number of fused-ring (bicyclic) bond motifs is 1. The first-order chi connectivity index (χ1) is 7.72. The molecule has 0 heterocycles. The van der Waals surface area contributed by atoms with Crippen LogP contribution in [0, 0.1) is 0 Å². The minimum atomic E-state index is -0.969. The molecule has 2 nitrogen and oxygen atoms in total. The highest BCUT2D eigenvalue weighted by atomic mass is 19.1. The van der Waals surface area contributed by atoms with Crippen molar-refractivity contribution in [1.29, 1.82) is 0 Å². The Morgan fingerprint density at radius 2 is 1.88 bits per heavy atom. The fraction of sp³-hybridized carbons (Fsp3) is 0.154. The number of carbonyl (C=O) groups excluding carboxylic acids is 1. The van der Waals surface area contributed by atoms with Gasteiger partial charge in [-0.25, -0.2) is 4.39 Å². The van der Waals surface area contributed by atoms with E-state index in [0.29, 0.717) is 5.69 Å². The van der Waals surface area contributed by atoms with Crippen molar-refractivity contribution in [3.63, 3.8) is 0 Å². The Balaban J connectivity index is 2.43. The molecule has 0 saturated heterocycles. The summed E-state index contributed by atoms with van der Waals surface area (Å²) in [6.45, 7) is -0.969. The van der Waals surface area contributed by atoms with E-state index >= 15 is 0 Å². The molecule has 0 saturated carbocycles. The molecule has 0 spiro atoms. The van der Waals surface area contributed by atoms with Crippen LogP contribution in [0.4, 0.5) is 10.1 Å². The van der Waals surface area contributed by atoms with Crippen molar-refractivity contribution in [1.82, 2.24) is 0 Å². The number of hydrogen-bond acceptors (Lipinski definition) is 1. The summed E-state index contributed by atoms with van der Waals surface area (Å²) < 4.78 is 12.2. The lowest BCUT2D eigenvalue weighted by Crippen LogP contribution is -2.27. The van der Waals surface area contributed by atoms with Crippen molar-refractivity contribution in [2.24, 2.45) is 0 Å². The Bertz CT molecular complexity index is 524. The van der Waals surface area contributed by atoms with Crippen LogP contribution in [0.15, 0.2) is 42.5 Å². The lowest BCUT2D eigenvalue weighted by Gasteiger charge is -2.16. The van der Waals surface area contributed by atoms with Crippen LogP contribution in [-0.4, -0.2) is 19.6 Å². The molecule has 16 heavy (non-hydrogen) atoms. The van der Waals surface area contributed by atoms with Gasteiger partial charge in [-0.3, -0.25) is 4.79 Å². The van der Waals surface area contributed by atoms with Crippen molar-refractivity contribution >= 4 is 22.4 Å². The third kappa shape index (κ3) is 1.89. The minimum absolute atomic E-state index is 0.532. The normalized spacial score (nSPS) is 10.4. The third-order valence-corrected chi connectivity index (χ3v) is 2.61. The van der Waals surface area contributed by atoms with Crippen LogP contribution < -0.4 is 4.90 Å². The number of anilines is 1. The fourth-order valence-corrected chi connectivity index (χ4v) is 1.62. The molecule has 2 aromatic rings. The van der Waals surface area contributed by atoms with Crippen LogP contribution >= 0.6 is 0 Å². The quantitative estimate of drug-likeness (QED) is 0.757. The average molecular weight is 217 g/mol. The topological polar surface area (TPSA) is 20.3 Å². The maximum atomic E-state index is 12.2. The van der Waals surface area contributed by atoms with E-state index in [0.717, 1.165) is 10.8 Å². The molecule has 0 fully saturated rings. The van der Waals surface area contributed by atoms with Crippen LogP contribution in [-0.2, 0) is 4.79 Å².